The molecular formula is C14H16F2N2O4. The summed E-state index contributed by atoms with van der Waals surface area (Å²) in [5.41, 5.74) is -0.889. The minimum Gasteiger partial charge on any atom is -0.452 e. The third-order valence-electron chi connectivity index (χ3n) is 2.43. The van der Waals surface area contributed by atoms with Gasteiger partial charge in [0.05, 0.1) is 0 Å². The molecule has 0 saturated heterocycles. The second kappa shape index (κ2) is 8.06. The number of esters is 1. The van der Waals surface area contributed by atoms with Crippen molar-refractivity contribution >= 4 is 17.9 Å². The molecule has 0 saturated carbocycles. The van der Waals surface area contributed by atoms with Crippen LogP contribution in [0.3, 0.4) is 0 Å². The van der Waals surface area contributed by atoms with Gasteiger partial charge in [-0.3, -0.25) is 10.1 Å². The molecule has 2 N–H and O–H groups in total. The highest BCUT2D eigenvalue weighted by Gasteiger charge is 2.20. The number of imide groups is 1. The standard InChI is InChI=1S/C14H16F2N2O4/c1-8(2)6-17-14(21)18-11(19)7-22-13(20)12-9(15)4-3-5-10(12)16/h3-5,8H,6-7H2,1-2H3,(H2,17,18,19,21). The van der Waals surface area contributed by atoms with Crippen molar-refractivity contribution in [3.8, 4) is 0 Å². The SMILES string of the molecule is CC(C)CNC(=O)NC(=O)COC(=O)c1c(F)cccc1F. The zero-order valence-electron chi connectivity index (χ0n) is 12.1. The largest absolute Gasteiger partial charge is 0.452 e. The molecule has 0 aliphatic carbocycles. The van der Waals surface area contributed by atoms with Gasteiger partial charge >= 0.3 is 12.0 Å². The third-order valence-corrected chi connectivity index (χ3v) is 2.43. The Morgan fingerprint density at radius 1 is 1.18 bits per heavy atom. The van der Waals surface area contributed by atoms with Crippen molar-refractivity contribution in [1.29, 1.82) is 0 Å². The van der Waals surface area contributed by atoms with Gasteiger partial charge in [-0.2, -0.15) is 0 Å². The lowest BCUT2D eigenvalue weighted by atomic mass is 10.2. The number of nitrogens with one attached hydrogen (secondary N) is 2. The van der Waals surface area contributed by atoms with E-state index in [2.05, 4.69) is 10.1 Å². The van der Waals surface area contributed by atoms with Gasteiger partial charge in [0, 0.05) is 6.54 Å². The van der Waals surface area contributed by atoms with Crippen molar-refractivity contribution < 1.29 is 27.9 Å². The minimum atomic E-state index is -1.33. The highest BCUT2D eigenvalue weighted by atomic mass is 19.1. The Labute approximate surface area is 125 Å². The Balaban J connectivity index is 2.47. The van der Waals surface area contributed by atoms with Crippen molar-refractivity contribution in [3.63, 3.8) is 0 Å². The number of hydrogen-bond donors (Lipinski definition) is 2. The van der Waals surface area contributed by atoms with E-state index in [1.807, 2.05) is 19.2 Å². The molecule has 0 aromatic heterocycles. The molecule has 0 aliphatic heterocycles. The Bertz CT molecular complexity index is 556. The van der Waals surface area contributed by atoms with Crippen molar-refractivity contribution in [2.45, 2.75) is 13.8 Å². The van der Waals surface area contributed by atoms with E-state index in [1.54, 1.807) is 0 Å². The molecule has 3 amide bonds. The number of carbonyl (C=O) groups excluding carboxylic acids is 3. The zero-order chi connectivity index (χ0) is 16.7. The molecule has 1 aromatic carbocycles. The van der Waals surface area contributed by atoms with Gasteiger partial charge in [0.15, 0.2) is 6.61 Å². The maximum Gasteiger partial charge on any atom is 0.344 e. The number of rotatable bonds is 5. The molecule has 0 aliphatic rings. The average molecular weight is 314 g/mol. The molecule has 0 radical (unpaired) electrons. The topological polar surface area (TPSA) is 84.5 Å². The molecule has 0 atom stereocenters. The van der Waals surface area contributed by atoms with Crippen LogP contribution in [0.5, 0.6) is 0 Å². The average Bonchev–Trinajstić information content (AvgIpc) is 2.42. The number of halogens is 2. The van der Waals surface area contributed by atoms with E-state index >= 15 is 0 Å². The summed E-state index contributed by atoms with van der Waals surface area (Å²) >= 11 is 0. The van der Waals surface area contributed by atoms with E-state index in [9.17, 15) is 23.2 Å². The molecular weight excluding hydrogens is 298 g/mol. The third kappa shape index (κ3) is 5.47. The quantitative estimate of drug-likeness (QED) is 0.809. The summed E-state index contributed by atoms with van der Waals surface area (Å²) < 4.78 is 31.1. The fraction of sp³-hybridized carbons (Fsp3) is 0.357. The first kappa shape index (κ1) is 17.5. The highest BCUT2D eigenvalue weighted by molar-refractivity contribution is 5.97. The molecule has 6 nitrogen and oxygen atoms in total. The van der Waals surface area contributed by atoms with Crippen molar-refractivity contribution in [1.82, 2.24) is 10.6 Å². The number of amides is 3. The Hall–Kier alpha value is -2.51. The Morgan fingerprint density at radius 3 is 2.32 bits per heavy atom. The van der Waals surface area contributed by atoms with Gasteiger partial charge in [0.25, 0.3) is 5.91 Å². The fourth-order valence-electron chi connectivity index (χ4n) is 1.40. The van der Waals surface area contributed by atoms with Gasteiger partial charge in [0.2, 0.25) is 0 Å². The van der Waals surface area contributed by atoms with Crippen molar-refractivity contribution in [2.75, 3.05) is 13.2 Å². The van der Waals surface area contributed by atoms with Crippen molar-refractivity contribution in [2.24, 2.45) is 5.92 Å². The maximum absolute atomic E-state index is 13.3. The summed E-state index contributed by atoms with van der Waals surface area (Å²) in [5, 5.41) is 4.34. The molecule has 1 aromatic rings. The van der Waals surface area contributed by atoms with Crippen LogP contribution >= 0.6 is 0 Å². The predicted octanol–water partition coefficient (Wildman–Crippen LogP) is 1.60. The lowest BCUT2D eigenvalue weighted by molar-refractivity contribution is -0.123. The van der Waals surface area contributed by atoms with Gasteiger partial charge in [-0.15, -0.1) is 0 Å². The number of benzene rings is 1. The first-order valence-corrected chi connectivity index (χ1v) is 6.50. The van der Waals surface area contributed by atoms with Gasteiger partial charge < -0.3 is 10.1 Å². The fourth-order valence-corrected chi connectivity index (χ4v) is 1.40. The summed E-state index contributed by atoms with van der Waals surface area (Å²) in [4.78, 5) is 34.2. The molecule has 0 unspecified atom stereocenters. The predicted molar refractivity (Wildman–Crippen MR) is 73.0 cm³/mol. The van der Waals surface area contributed by atoms with Gasteiger partial charge in [0.1, 0.15) is 17.2 Å². The van der Waals surface area contributed by atoms with Crippen LogP contribution in [-0.2, 0) is 9.53 Å². The lowest BCUT2D eigenvalue weighted by Crippen LogP contribution is -2.42. The summed E-state index contributed by atoms with van der Waals surface area (Å²) in [6.45, 7) is 3.26. The van der Waals surface area contributed by atoms with E-state index in [4.69, 9.17) is 0 Å². The maximum atomic E-state index is 13.3. The molecule has 0 fully saturated rings. The van der Waals surface area contributed by atoms with Crippen LogP contribution in [0.15, 0.2) is 18.2 Å². The lowest BCUT2D eigenvalue weighted by Gasteiger charge is -2.09. The molecule has 0 bridgehead atoms. The highest BCUT2D eigenvalue weighted by Crippen LogP contribution is 2.13. The normalized spacial score (nSPS) is 10.2. The van der Waals surface area contributed by atoms with Gasteiger partial charge in [-0.25, -0.2) is 18.4 Å². The Morgan fingerprint density at radius 2 is 1.77 bits per heavy atom. The van der Waals surface area contributed by atoms with Crippen LogP contribution in [0, 0.1) is 17.6 Å². The second-order valence-corrected chi connectivity index (χ2v) is 4.82. The van der Waals surface area contributed by atoms with E-state index in [1.165, 1.54) is 0 Å². The number of urea groups is 1. The molecule has 0 spiro atoms. The van der Waals surface area contributed by atoms with Crippen LogP contribution in [0.2, 0.25) is 0 Å². The van der Waals surface area contributed by atoms with Crippen molar-refractivity contribution in [3.05, 3.63) is 35.4 Å². The van der Waals surface area contributed by atoms with Crippen LogP contribution < -0.4 is 10.6 Å². The molecule has 22 heavy (non-hydrogen) atoms. The van der Waals surface area contributed by atoms with Crippen LogP contribution in [0.4, 0.5) is 13.6 Å². The summed E-state index contributed by atoms with van der Waals surface area (Å²) in [6.07, 6.45) is 0. The van der Waals surface area contributed by atoms with E-state index < -0.39 is 41.7 Å². The smallest absolute Gasteiger partial charge is 0.344 e. The monoisotopic (exact) mass is 314 g/mol. The van der Waals surface area contributed by atoms with Gasteiger partial charge in [-0.1, -0.05) is 19.9 Å². The van der Waals surface area contributed by atoms with E-state index in [0.717, 1.165) is 18.2 Å². The summed E-state index contributed by atoms with van der Waals surface area (Å²) in [6, 6.07) is 2.12. The minimum absolute atomic E-state index is 0.197. The van der Waals surface area contributed by atoms with E-state index in [0.29, 0.717) is 6.54 Å². The Kier molecular flexibility index (Phi) is 6.43. The number of hydrogen-bond acceptors (Lipinski definition) is 4. The first-order chi connectivity index (χ1) is 10.3. The van der Waals surface area contributed by atoms with E-state index in [-0.39, 0.29) is 5.92 Å². The van der Waals surface area contributed by atoms with Crippen LogP contribution in [0.25, 0.3) is 0 Å². The van der Waals surface area contributed by atoms with Crippen LogP contribution in [0.1, 0.15) is 24.2 Å². The molecule has 8 heteroatoms. The number of carbonyl (C=O) groups is 3. The first-order valence-electron chi connectivity index (χ1n) is 6.50. The van der Waals surface area contributed by atoms with Crippen LogP contribution in [-0.4, -0.2) is 31.1 Å². The number of ether oxygens (including phenoxy) is 1. The molecule has 0 heterocycles. The summed E-state index contributed by atoms with van der Waals surface area (Å²) in [5.74, 6) is -4.23. The molecule has 1 rings (SSSR count). The van der Waals surface area contributed by atoms with Gasteiger partial charge in [-0.05, 0) is 18.1 Å². The molecule has 120 valence electrons. The second-order valence-electron chi connectivity index (χ2n) is 4.82. The summed E-state index contributed by atoms with van der Waals surface area (Å²) in [7, 11) is 0. The zero-order valence-corrected chi connectivity index (χ0v) is 12.1.